The van der Waals surface area contributed by atoms with Crippen molar-refractivity contribution in [2.45, 2.75) is 13.3 Å². The standard InChI is InChI=1S/C10H13NOS/c1-7-3-4-9(12-2)8(5-7)6-10(11)13/h3-5H,6H2,1-2H3,(H2,11,13). The highest BCUT2D eigenvalue weighted by Crippen LogP contribution is 2.19. The van der Waals surface area contributed by atoms with E-state index in [2.05, 4.69) is 0 Å². The van der Waals surface area contributed by atoms with Crippen LogP contribution in [0.4, 0.5) is 0 Å². The van der Waals surface area contributed by atoms with Crippen molar-refractivity contribution in [2.75, 3.05) is 7.11 Å². The first-order valence-electron chi connectivity index (χ1n) is 4.05. The van der Waals surface area contributed by atoms with E-state index in [1.54, 1.807) is 7.11 Å². The number of thiocarbonyl (C=S) groups is 1. The Morgan fingerprint density at radius 1 is 1.54 bits per heavy atom. The van der Waals surface area contributed by atoms with E-state index in [1.807, 2.05) is 25.1 Å². The summed E-state index contributed by atoms with van der Waals surface area (Å²) >= 11 is 4.85. The van der Waals surface area contributed by atoms with E-state index in [9.17, 15) is 0 Å². The average Bonchev–Trinajstić information content (AvgIpc) is 2.03. The molecule has 13 heavy (non-hydrogen) atoms. The van der Waals surface area contributed by atoms with Crippen LogP contribution < -0.4 is 10.5 Å². The Morgan fingerprint density at radius 3 is 2.77 bits per heavy atom. The number of nitrogens with two attached hydrogens (primary N) is 1. The van der Waals surface area contributed by atoms with Crippen LogP contribution in [0.25, 0.3) is 0 Å². The van der Waals surface area contributed by atoms with Crippen molar-refractivity contribution in [3.63, 3.8) is 0 Å². The maximum atomic E-state index is 5.47. The third-order valence-corrected chi connectivity index (χ3v) is 1.94. The Balaban J connectivity index is 3.01. The van der Waals surface area contributed by atoms with Crippen molar-refractivity contribution < 1.29 is 4.74 Å². The van der Waals surface area contributed by atoms with Crippen molar-refractivity contribution >= 4 is 17.2 Å². The summed E-state index contributed by atoms with van der Waals surface area (Å²) in [5, 5.41) is 0. The summed E-state index contributed by atoms with van der Waals surface area (Å²) in [5.41, 5.74) is 7.71. The molecule has 0 aliphatic carbocycles. The molecule has 0 aliphatic heterocycles. The van der Waals surface area contributed by atoms with Crippen molar-refractivity contribution in [3.8, 4) is 5.75 Å². The maximum absolute atomic E-state index is 5.47. The van der Waals surface area contributed by atoms with Crippen molar-refractivity contribution in [1.29, 1.82) is 0 Å². The molecule has 0 radical (unpaired) electrons. The molecule has 0 saturated heterocycles. The van der Waals surface area contributed by atoms with Gasteiger partial charge in [0.1, 0.15) is 5.75 Å². The quantitative estimate of drug-likeness (QED) is 0.747. The van der Waals surface area contributed by atoms with Gasteiger partial charge in [-0.05, 0) is 13.0 Å². The summed E-state index contributed by atoms with van der Waals surface area (Å²) in [5.74, 6) is 0.846. The van der Waals surface area contributed by atoms with E-state index >= 15 is 0 Å². The van der Waals surface area contributed by atoms with Crippen molar-refractivity contribution in [1.82, 2.24) is 0 Å². The normalized spacial score (nSPS) is 9.69. The molecule has 0 bridgehead atoms. The third-order valence-electron chi connectivity index (χ3n) is 1.80. The predicted molar refractivity (Wildman–Crippen MR) is 58.2 cm³/mol. The summed E-state index contributed by atoms with van der Waals surface area (Å²) in [6.07, 6.45) is 0.597. The first kappa shape index (κ1) is 9.99. The third kappa shape index (κ3) is 2.70. The number of hydrogen-bond donors (Lipinski definition) is 1. The topological polar surface area (TPSA) is 35.2 Å². The first-order valence-corrected chi connectivity index (χ1v) is 4.46. The van der Waals surface area contributed by atoms with Crippen LogP contribution in [0.1, 0.15) is 11.1 Å². The van der Waals surface area contributed by atoms with Gasteiger partial charge >= 0.3 is 0 Å². The summed E-state index contributed by atoms with van der Waals surface area (Å²) in [6, 6.07) is 5.98. The van der Waals surface area contributed by atoms with E-state index in [-0.39, 0.29) is 0 Å². The Hall–Kier alpha value is -1.09. The summed E-state index contributed by atoms with van der Waals surface area (Å²) in [4.78, 5) is 0.490. The van der Waals surface area contributed by atoms with Crippen LogP contribution in [-0.4, -0.2) is 12.1 Å². The molecule has 3 heteroatoms. The van der Waals surface area contributed by atoms with Crippen LogP contribution in [0.3, 0.4) is 0 Å². The van der Waals surface area contributed by atoms with E-state index in [1.165, 1.54) is 5.56 Å². The molecule has 0 amide bonds. The number of benzene rings is 1. The van der Waals surface area contributed by atoms with Gasteiger partial charge in [-0.1, -0.05) is 29.9 Å². The minimum Gasteiger partial charge on any atom is -0.496 e. The number of ether oxygens (including phenoxy) is 1. The number of hydrogen-bond acceptors (Lipinski definition) is 2. The molecule has 0 aromatic heterocycles. The number of aryl methyl sites for hydroxylation is 1. The monoisotopic (exact) mass is 195 g/mol. The molecule has 70 valence electrons. The number of rotatable bonds is 3. The van der Waals surface area contributed by atoms with Gasteiger partial charge in [0.05, 0.1) is 12.1 Å². The van der Waals surface area contributed by atoms with Crippen LogP contribution >= 0.6 is 12.2 Å². The van der Waals surface area contributed by atoms with Crippen molar-refractivity contribution in [3.05, 3.63) is 29.3 Å². The van der Waals surface area contributed by atoms with Crippen LogP contribution in [0.5, 0.6) is 5.75 Å². The molecule has 1 aromatic rings. The Kier molecular flexibility index (Phi) is 3.25. The van der Waals surface area contributed by atoms with Gasteiger partial charge in [-0.3, -0.25) is 0 Å². The van der Waals surface area contributed by atoms with Gasteiger partial charge in [0.15, 0.2) is 0 Å². The van der Waals surface area contributed by atoms with Gasteiger partial charge in [0.2, 0.25) is 0 Å². The molecule has 0 saturated carbocycles. The predicted octanol–water partition coefficient (Wildman–Crippen LogP) is 1.83. The van der Waals surface area contributed by atoms with Gasteiger partial charge in [0, 0.05) is 12.0 Å². The van der Waals surface area contributed by atoms with E-state index in [0.717, 1.165) is 11.3 Å². The highest BCUT2D eigenvalue weighted by atomic mass is 32.1. The highest BCUT2D eigenvalue weighted by Gasteiger charge is 2.03. The zero-order valence-corrected chi connectivity index (χ0v) is 8.65. The van der Waals surface area contributed by atoms with Gasteiger partial charge in [-0.25, -0.2) is 0 Å². The molecule has 0 heterocycles. The summed E-state index contributed by atoms with van der Waals surface area (Å²) < 4.78 is 5.19. The smallest absolute Gasteiger partial charge is 0.122 e. The lowest BCUT2D eigenvalue weighted by Gasteiger charge is -2.08. The second kappa shape index (κ2) is 4.23. The summed E-state index contributed by atoms with van der Waals surface area (Å²) in [7, 11) is 1.65. The highest BCUT2D eigenvalue weighted by molar-refractivity contribution is 7.80. The van der Waals surface area contributed by atoms with Gasteiger partial charge in [-0.15, -0.1) is 0 Å². The lowest BCUT2D eigenvalue weighted by Crippen LogP contribution is -2.11. The molecule has 0 spiro atoms. The second-order valence-electron chi connectivity index (χ2n) is 2.96. The molecule has 1 rings (SSSR count). The number of methoxy groups -OCH3 is 1. The largest absolute Gasteiger partial charge is 0.496 e. The lowest BCUT2D eigenvalue weighted by atomic mass is 10.1. The zero-order chi connectivity index (χ0) is 9.84. The maximum Gasteiger partial charge on any atom is 0.122 e. The van der Waals surface area contributed by atoms with Crippen molar-refractivity contribution in [2.24, 2.45) is 5.73 Å². The van der Waals surface area contributed by atoms with E-state index in [0.29, 0.717) is 11.4 Å². The zero-order valence-electron chi connectivity index (χ0n) is 7.83. The second-order valence-corrected chi connectivity index (χ2v) is 3.48. The van der Waals surface area contributed by atoms with Crippen LogP contribution in [0.15, 0.2) is 18.2 Å². The van der Waals surface area contributed by atoms with E-state index < -0.39 is 0 Å². The van der Waals surface area contributed by atoms with Crippen LogP contribution in [0, 0.1) is 6.92 Å². The fourth-order valence-electron chi connectivity index (χ4n) is 1.23. The molecule has 0 aliphatic rings. The van der Waals surface area contributed by atoms with Gasteiger partial charge in [0.25, 0.3) is 0 Å². The fourth-order valence-corrected chi connectivity index (χ4v) is 1.39. The Labute approximate surface area is 83.7 Å². The lowest BCUT2D eigenvalue weighted by molar-refractivity contribution is 0.411. The summed E-state index contributed by atoms with van der Waals surface area (Å²) in [6.45, 7) is 2.03. The minimum atomic E-state index is 0.490. The van der Waals surface area contributed by atoms with E-state index in [4.69, 9.17) is 22.7 Å². The fraction of sp³-hybridized carbons (Fsp3) is 0.300. The first-order chi connectivity index (χ1) is 6.13. The molecule has 2 N–H and O–H groups in total. The molecule has 0 atom stereocenters. The molecular weight excluding hydrogens is 182 g/mol. The average molecular weight is 195 g/mol. The van der Waals surface area contributed by atoms with Gasteiger partial charge < -0.3 is 10.5 Å². The van der Waals surface area contributed by atoms with Gasteiger partial charge in [-0.2, -0.15) is 0 Å². The molecular formula is C10H13NOS. The molecule has 1 aromatic carbocycles. The van der Waals surface area contributed by atoms with Crippen LogP contribution in [0.2, 0.25) is 0 Å². The minimum absolute atomic E-state index is 0.490. The molecule has 0 unspecified atom stereocenters. The Morgan fingerprint density at radius 2 is 2.23 bits per heavy atom. The SMILES string of the molecule is COc1ccc(C)cc1CC(N)=S. The van der Waals surface area contributed by atoms with Crippen LogP contribution in [-0.2, 0) is 6.42 Å². The Bertz CT molecular complexity index is 323. The molecule has 2 nitrogen and oxygen atoms in total. The molecule has 0 fully saturated rings.